The third-order valence-corrected chi connectivity index (χ3v) is 2.33. The highest BCUT2D eigenvalue weighted by Gasteiger charge is 2.07. The van der Waals surface area contributed by atoms with Gasteiger partial charge in [0, 0.05) is 18.1 Å². The van der Waals surface area contributed by atoms with E-state index in [0.29, 0.717) is 18.1 Å². The summed E-state index contributed by atoms with van der Waals surface area (Å²) >= 11 is 1.54. The van der Waals surface area contributed by atoms with Crippen LogP contribution in [0, 0.1) is 0 Å². The summed E-state index contributed by atoms with van der Waals surface area (Å²) in [5, 5.41) is 0. The van der Waals surface area contributed by atoms with E-state index < -0.39 is 11.9 Å². The van der Waals surface area contributed by atoms with E-state index in [4.69, 9.17) is 17.2 Å². The molecule has 76 valence electrons. The molecule has 1 atom stereocenters. The van der Waals surface area contributed by atoms with Gasteiger partial charge in [-0.3, -0.25) is 9.79 Å². The van der Waals surface area contributed by atoms with E-state index in [1.165, 1.54) is 0 Å². The SMILES string of the molecule is CC(N)=NCCSC[C@H](N)C(N)=O. The lowest BCUT2D eigenvalue weighted by molar-refractivity contribution is -0.118. The Balaban J connectivity index is 3.36. The molecule has 0 aromatic rings. The average Bonchev–Trinajstić information content (AvgIpc) is 2.02. The molecule has 0 aliphatic heterocycles. The topological polar surface area (TPSA) is 107 Å². The number of nitrogens with two attached hydrogens (primary N) is 3. The molecule has 0 aliphatic rings. The summed E-state index contributed by atoms with van der Waals surface area (Å²) in [6, 6.07) is -0.562. The maximum absolute atomic E-state index is 10.5. The number of amidine groups is 1. The first-order chi connectivity index (χ1) is 6.04. The van der Waals surface area contributed by atoms with Crippen molar-refractivity contribution in [3.8, 4) is 0 Å². The van der Waals surface area contributed by atoms with Crippen LogP contribution >= 0.6 is 11.8 Å². The second-order valence-corrected chi connectivity index (χ2v) is 3.76. The van der Waals surface area contributed by atoms with E-state index >= 15 is 0 Å². The summed E-state index contributed by atoms with van der Waals surface area (Å²) in [5.74, 6) is 1.44. The molecule has 0 aliphatic carbocycles. The molecule has 6 N–H and O–H groups in total. The number of carbonyl (C=O) groups excluding carboxylic acids is 1. The summed E-state index contributed by atoms with van der Waals surface area (Å²) in [5.41, 5.74) is 15.7. The summed E-state index contributed by atoms with van der Waals surface area (Å²) < 4.78 is 0. The molecule has 0 aromatic heterocycles. The van der Waals surface area contributed by atoms with Gasteiger partial charge < -0.3 is 17.2 Å². The number of carbonyl (C=O) groups is 1. The number of amides is 1. The molecule has 0 bridgehead atoms. The Kier molecular flexibility index (Phi) is 6.34. The molecule has 0 spiro atoms. The van der Waals surface area contributed by atoms with Crippen molar-refractivity contribution in [3.63, 3.8) is 0 Å². The molecule has 0 radical (unpaired) electrons. The molecule has 0 saturated carbocycles. The van der Waals surface area contributed by atoms with Gasteiger partial charge >= 0.3 is 0 Å². The van der Waals surface area contributed by atoms with Gasteiger partial charge in [-0.1, -0.05) is 0 Å². The van der Waals surface area contributed by atoms with E-state index in [1.54, 1.807) is 18.7 Å². The van der Waals surface area contributed by atoms with Gasteiger partial charge in [0.25, 0.3) is 0 Å². The van der Waals surface area contributed by atoms with E-state index in [1.807, 2.05) is 0 Å². The third-order valence-electron chi connectivity index (χ3n) is 1.26. The second kappa shape index (κ2) is 6.73. The van der Waals surface area contributed by atoms with E-state index in [2.05, 4.69) is 4.99 Å². The lowest BCUT2D eigenvalue weighted by Gasteiger charge is -2.05. The van der Waals surface area contributed by atoms with Crippen LogP contribution in [0.4, 0.5) is 0 Å². The first-order valence-electron chi connectivity index (χ1n) is 3.93. The first kappa shape index (κ1) is 12.2. The van der Waals surface area contributed by atoms with E-state index in [-0.39, 0.29) is 0 Å². The normalized spacial score (nSPS) is 14.2. The lowest BCUT2D eigenvalue weighted by Crippen LogP contribution is -2.38. The van der Waals surface area contributed by atoms with Gasteiger partial charge in [0.05, 0.1) is 11.9 Å². The molecule has 0 saturated heterocycles. The van der Waals surface area contributed by atoms with Crippen molar-refractivity contribution in [3.05, 3.63) is 0 Å². The third kappa shape index (κ3) is 7.61. The minimum absolute atomic E-state index is 0.467. The molecule has 0 aromatic carbocycles. The quantitative estimate of drug-likeness (QED) is 0.290. The van der Waals surface area contributed by atoms with Crippen molar-refractivity contribution in [2.75, 3.05) is 18.1 Å². The predicted octanol–water partition coefficient (Wildman–Crippen LogP) is -1.09. The highest BCUT2D eigenvalue weighted by atomic mass is 32.2. The number of rotatable bonds is 6. The van der Waals surface area contributed by atoms with Crippen LogP contribution in [-0.2, 0) is 4.79 Å². The molecule has 0 unspecified atom stereocenters. The lowest BCUT2D eigenvalue weighted by atomic mass is 10.3. The zero-order valence-electron chi connectivity index (χ0n) is 7.69. The second-order valence-electron chi connectivity index (χ2n) is 2.61. The van der Waals surface area contributed by atoms with Gasteiger partial charge in [-0.25, -0.2) is 0 Å². The maximum Gasteiger partial charge on any atom is 0.235 e. The molecule has 0 heterocycles. The summed E-state index contributed by atoms with van der Waals surface area (Å²) in [7, 11) is 0. The Morgan fingerprint density at radius 1 is 1.54 bits per heavy atom. The molecule has 0 rings (SSSR count). The summed E-state index contributed by atoms with van der Waals surface area (Å²) in [6.45, 7) is 2.39. The molecule has 13 heavy (non-hydrogen) atoms. The monoisotopic (exact) mass is 204 g/mol. The van der Waals surface area contributed by atoms with Crippen molar-refractivity contribution >= 4 is 23.5 Å². The van der Waals surface area contributed by atoms with Crippen LogP contribution in [0.1, 0.15) is 6.92 Å². The van der Waals surface area contributed by atoms with E-state index in [0.717, 1.165) is 5.75 Å². The highest BCUT2D eigenvalue weighted by molar-refractivity contribution is 7.99. The number of hydrogen-bond donors (Lipinski definition) is 3. The van der Waals surface area contributed by atoms with Crippen LogP contribution in [0.25, 0.3) is 0 Å². The molecule has 5 nitrogen and oxygen atoms in total. The zero-order chi connectivity index (χ0) is 10.3. The smallest absolute Gasteiger partial charge is 0.235 e. The standard InChI is InChI=1S/C7H16N4OS/c1-5(8)11-2-3-13-4-6(9)7(10)12/h6H,2-4,9H2,1H3,(H2,8,11)(H2,10,12)/t6-/m0/s1. The fraction of sp³-hybridized carbons (Fsp3) is 0.714. The minimum atomic E-state index is -0.562. The fourth-order valence-electron chi connectivity index (χ4n) is 0.579. The number of primary amides is 1. The van der Waals surface area contributed by atoms with Crippen molar-refractivity contribution in [2.45, 2.75) is 13.0 Å². The van der Waals surface area contributed by atoms with Crippen molar-refractivity contribution in [1.29, 1.82) is 0 Å². The fourth-order valence-corrected chi connectivity index (χ4v) is 1.38. The average molecular weight is 204 g/mol. The molecule has 0 fully saturated rings. The van der Waals surface area contributed by atoms with Gasteiger partial charge in [0.2, 0.25) is 5.91 Å². The van der Waals surface area contributed by atoms with Gasteiger partial charge in [-0.05, 0) is 6.92 Å². The molecular formula is C7H16N4OS. The number of aliphatic imine (C=N–C) groups is 1. The van der Waals surface area contributed by atoms with Crippen molar-refractivity contribution < 1.29 is 4.79 Å². The van der Waals surface area contributed by atoms with Crippen LogP contribution in [-0.4, -0.2) is 35.8 Å². The Bertz CT molecular complexity index is 191. The molecular weight excluding hydrogens is 188 g/mol. The zero-order valence-corrected chi connectivity index (χ0v) is 8.51. The largest absolute Gasteiger partial charge is 0.388 e. The summed E-state index contributed by atoms with van der Waals surface area (Å²) in [4.78, 5) is 14.5. The summed E-state index contributed by atoms with van der Waals surface area (Å²) in [6.07, 6.45) is 0. The van der Waals surface area contributed by atoms with Crippen molar-refractivity contribution in [1.82, 2.24) is 0 Å². The van der Waals surface area contributed by atoms with Crippen LogP contribution in [0.2, 0.25) is 0 Å². The molecule has 1 amide bonds. The number of hydrogen-bond acceptors (Lipinski definition) is 4. The first-order valence-corrected chi connectivity index (χ1v) is 5.08. The maximum atomic E-state index is 10.5. The van der Waals surface area contributed by atoms with Gasteiger partial charge in [0.15, 0.2) is 0 Å². The van der Waals surface area contributed by atoms with Crippen LogP contribution in [0.15, 0.2) is 4.99 Å². The van der Waals surface area contributed by atoms with E-state index in [9.17, 15) is 4.79 Å². The predicted molar refractivity (Wildman–Crippen MR) is 56.7 cm³/mol. The number of thioether (sulfide) groups is 1. The highest BCUT2D eigenvalue weighted by Crippen LogP contribution is 2.00. The van der Waals surface area contributed by atoms with Gasteiger partial charge in [0.1, 0.15) is 0 Å². The Morgan fingerprint density at radius 3 is 2.62 bits per heavy atom. The van der Waals surface area contributed by atoms with Gasteiger partial charge in [-0.2, -0.15) is 11.8 Å². The molecule has 6 heteroatoms. The van der Waals surface area contributed by atoms with Crippen LogP contribution in [0.3, 0.4) is 0 Å². The Hall–Kier alpha value is -0.750. The van der Waals surface area contributed by atoms with Crippen molar-refractivity contribution in [2.24, 2.45) is 22.2 Å². The Morgan fingerprint density at radius 2 is 2.15 bits per heavy atom. The van der Waals surface area contributed by atoms with Crippen LogP contribution in [0.5, 0.6) is 0 Å². The minimum Gasteiger partial charge on any atom is -0.388 e. The van der Waals surface area contributed by atoms with Gasteiger partial charge in [-0.15, -0.1) is 0 Å². The number of nitrogens with zero attached hydrogens (tertiary/aromatic N) is 1. The van der Waals surface area contributed by atoms with Crippen LogP contribution < -0.4 is 17.2 Å². The Labute approximate surface area is 82.1 Å².